The number of fused-ring (bicyclic) bond motifs is 1. The van der Waals surface area contributed by atoms with Crippen LogP contribution in [0, 0.1) is 12.7 Å². The minimum Gasteiger partial charge on any atom is -0.508 e. The average molecular weight is 401 g/mol. The third-order valence-electron chi connectivity index (χ3n) is 4.73. The number of pyridine rings is 3. The summed E-state index contributed by atoms with van der Waals surface area (Å²) in [5.41, 5.74) is 1.42. The van der Waals surface area contributed by atoms with E-state index in [1.165, 1.54) is 30.6 Å². The molecule has 30 heavy (non-hydrogen) atoms. The normalized spacial score (nSPS) is 11.3. The van der Waals surface area contributed by atoms with Crippen LogP contribution in [0.15, 0.2) is 66.0 Å². The lowest BCUT2D eigenvalue weighted by Crippen LogP contribution is -2.18. The molecule has 2 N–H and O–H groups in total. The zero-order valence-electron chi connectivity index (χ0n) is 15.9. The van der Waals surface area contributed by atoms with Gasteiger partial charge in [-0.2, -0.15) is 0 Å². The summed E-state index contributed by atoms with van der Waals surface area (Å²) in [6, 6.07) is 7.89. The number of hydrogen-bond acceptors (Lipinski definition) is 5. The van der Waals surface area contributed by atoms with Crippen molar-refractivity contribution in [1.82, 2.24) is 15.0 Å². The van der Waals surface area contributed by atoms with Crippen LogP contribution < -0.4 is 5.56 Å². The van der Waals surface area contributed by atoms with Crippen molar-refractivity contribution in [3.8, 4) is 16.9 Å². The standard InChI is InChI=1S/C23H16FN3O3/c1-13-10-26-12-18(24)16(13)5-7-20(29)22-21(14-3-2-8-25-11-14)17-9-15(28)4-6-19(17)27-23(22)30/h2-12,28H,1H3,(H,27,30). The number of ketones is 1. The Labute approximate surface area is 170 Å². The molecule has 3 heterocycles. The van der Waals surface area contributed by atoms with Gasteiger partial charge in [0.25, 0.3) is 5.56 Å². The van der Waals surface area contributed by atoms with E-state index in [4.69, 9.17) is 0 Å². The Morgan fingerprint density at radius 2 is 2.00 bits per heavy atom. The van der Waals surface area contributed by atoms with Crippen molar-refractivity contribution in [3.05, 3.63) is 94.1 Å². The van der Waals surface area contributed by atoms with Crippen LogP contribution in [0.3, 0.4) is 0 Å². The van der Waals surface area contributed by atoms with E-state index in [0.29, 0.717) is 27.6 Å². The van der Waals surface area contributed by atoms with Crippen molar-refractivity contribution in [2.75, 3.05) is 0 Å². The second kappa shape index (κ2) is 7.71. The molecule has 0 spiro atoms. The number of aromatic amines is 1. The molecular formula is C23H16FN3O3. The Hall–Kier alpha value is -4.13. The van der Waals surface area contributed by atoms with Crippen LogP contribution in [-0.4, -0.2) is 25.8 Å². The molecule has 1 aromatic carbocycles. The Bertz CT molecular complexity index is 1340. The van der Waals surface area contributed by atoms with Gasteiger partial charge in [0.15, 0.2) is 5.78 Å². The Morgan fingerprint density at radius 3 is 2.73 bits per heavy atom. The molecule has 6 nitrogen and oxygen atoms in total. The number of phenols is 1. The van der Waals surface area contributed by atoms with Crippen molar-refractivity contribution >= 4 is 22.8 Å². The van der Waals surface area contributed by atoms with E-state index < -0.39 is 17.2 Å². The molecule has 0 saturated heterocycles. The predicted molar refractivity (Wildman–Crippen MR) is 112 cm³/mol. The van der Waals surface area contributed by atoms with E-state index in [9.17, 15) is 19.1 Å². The summed E-state index contributed by atoms with van der Waals surface area (Å²) in [6.07, 6.45) is 8.14. The maximum Gasteiger partial charge on any atom is 0.260 e. The van der Waals surface area contributed by atoms with Crippen LogP contribution in [0.4, 0.5) is 4.39 Å². The topological polar surface area (TPSA) is 95.9 Å². The lowest BCUT2D eigenvalue weighted by Gasteiger charge is -2.11. The highest BCUT2D eigenvalue weighted by Gasteiger charge is 2.20. The van der Waals surface area contributed by atoms with Crippen molar-refractivity contribution in [2.24, 2.45) is 0 Å². The average Bonchev–Trinajstić information content (AvgIpc) is 2.73. The fourth-order valence-electron chi connectivity index (χ4n) is 3.32. The molecule has 148 valence electrons. The molecule has 3 aromatic heterocycles. The van der Waals surface area contributed by atoms with Gasteiger partial charge in [0.05, 0.1) is 11.8 Å². The first-order valence-electron chi connectivity index (χ1n) is 9.07. The van der Waals surface area contributed by atoms with Crippen LogP contribution in [0.2, 0.25) is 0 Å². The molecule has 0 radical (unpaired) electrons. The molecular weight excluding hydrogens is 385 g/mol. The molecule has 4 aromatic rings. The molecule has 4 rings (SSSR count). The fourth-order valence-corrected chi connectivity index (χ4v) is 3.32. The van der Waals surface area contributed by atoms with Crippen LogP contribution in [0.25, 0.3) is 28.1 Å². The highest BCUT2D eigenvalue weighted by Crippen LogP contribution is 2.31. The molecule has 0 aliphatic carbocycles. The van der Waals surface area contributed by atoms with Gasteiger partial charge in [-0.05, 0) is 48.9 Å². The van der Waals surface area contributed by atoms with Gasteiger partial charge < -0.3 is 10.1 Å². The van der Waals surface area contributed by atoms with Gasteiger partial charge in [-0.3, -0.25) is 19.6 Å². The summed E-state index contributed by atoms with van der Waals surface area (Å²) >= 11 is 0. The molecule has 0 atom stereocenters. The second-order valence-corrected chi connectivity index (χ2v) is 6.73. The summed E-state index contributed by atoms with van der Waals surface area (Å²) in [5, 5.41) is 10.5. The highest BCUT2D eigenvalue weighted by atomic mass is 19.1. The molecule has 0 bridgehead atoms. The quantitative estimate of drug-likeness (QED) is 0.398. The number of phenolic OH excluding ortho intramolecular Hbond substituents is 1. The smallest absolute Gasteiger partial charge is 0.260 e. The lowest BCUT2D eigenvalue weighted by atomic mass is 9.94. The number of carbonyl (C=O) groups is 1. The summed E-state index contributed by atoms with van der Waals surface area (Å²) in [4.78, 5) is 36.4. The summed E-state index contributed by atoms with van der Waals surface area (Å²) in [7, 11) is 0. The molecule has 0 amide bonds. The molecule has 7 heteroatoms. The molecule has 0 unspecified atom stereocenters. The van der Waals surface area contributed by atoms with E-state index in [0.717, 1.165) is 12.3 Å². The minimum absolute atomic E-state index is 0.0110. The summed E-state index contributed by atoms with van der Waals surface area (Å²) in [6.45, 7) is 1.67. The predicted octanol–water partition coefficient (Wildman–Crippen LogP) is 4.03. The van der Waals surface area contributed by atoms with Crippen molar-refractivity contribution in [2.45, 2.75) is 6.92 Å². The Balaban J connectivity index is 1.94. The van der Waals surface area contributed by atoms with Gasteiger partial charge in [-0.1, -0.05) is 6.07 Å². The number of hydrogen-bond donors (Lipinski definition) is 2. The van der Waals surface area contributed by atoms with Crippen LogP contribution in [-0.2, 0) is 0 Å². The van der Waals surface area contributed by atoms with Gasteiger partial charge in [-0.25, -0.2) is 4.39 Å². The first kappa shape index (κ1) is 19.2. The number of rotatable bonds is 4. The zero-order chi connectivity index (χ0) is 21.3. The molecule has 0 aliphatic heterocycles. The van der Waals surface area contributed by atoms with E-state index in [-0.39, 0.29) is 16.9 Å². The van der Waals surface area contributed by atoms with Crippen LogP contribution in [0.5, 0.6) is 5.75 Å². The second-order valence-electron chi connectivity index (χ2n) is 6.73. The number of halogens is 1. The molecule has 0 fully saturated rings. The number of benzene rings is 1. The van der Waals surface area contributed by atoms with Gasteiger partial charge in [0.2, 0.25) is 0 Å². The number of aryl methyl sites for hydroxylation is 1. The number of H-pyrrole nitrogens is 1. The summed E-state index contributed by atoms with van der Waals surface area (Å²) in [5.74, 6) is -1.18. The number of nitrogens with zero attached hydrogens (tertiary/aromatic N) is 2. The van der Waals surface area contributed by atoms with E-state index in [1.807, 2.05) is 0 Å². The van der Waals surface area contributed by atoms with E-state index >= 15 is 0 Å². The zero-order valence-corrected chi connectivity index (χ0v) is 15.9. The third-order valence-corrected chi connectivity index (χ3v) is 4.73. The van der Waals surface area contributed by atoms with Crippen molar-refractivity contribution in [1.29, 1.82) is 0 Å². The monoisotopic (exact) mass is 401 g/mol. The largest absolute Gasteiger partial charge is 0.508 e. The van der Waals surface area contributed by atoms with Gasteiger partial charge in [0, 0.05) is 46.2 Å². The van der Waals surface area contributed by atoms with Crippen LogP contribution in [0.1, 0.15) is 21.5 Å². The fraction of sp³-hybridized carbons (Fsp3) is 0.0435. The maximum absolute atomic E-state index is 14.1. The van der Waals surface area contributed by atoms with Gasteiger partial charge in [0.1, 0.15) is 11.6 Å². The third kappa shape index (κ3) is 3.48. The number of nitrogens with one attached hydrogen (secondary N) is 1. The maximum atomic E-state index is 14.1. The molecule has 0 saturated carbocycles. The minimum atomic E-state index is -0.601. The summed E-state index contributed by atoms with van der Waals surface area (Å²) < 4.78 is 14.1. The Morgan fingerprint density at radius 1 is 1.17 bits per heavy atom. The Kier molecular flexibility index (Phi) is 4.93. The number of aromatic hydroxyl groups is 1. The van der Waals surface area contributed by atoms with Crippen LogP contribution >= 0.6 is 0 Å². The van der Waals surface area contributed by atoms with Gasteiger partial charge >= 0.3 is 0 Å². The first-order valence-corrected chi connectivity index (χ1v) is 9.07. The van der Waals surface area contributed by atoms with Crippen molar-refractivity contribution < 1.29 is 14.3 Å². The number of aromatic nitrogens is 3. The number of carbonyl (C=O) groups excluding carboxylic acids is 1. The molecule has 0 aliphatic rings. The van der Waals surface area contributed by atoms with Crippen molar-refractivity contribution in [3.63, 3.8) is 0 Å². The van der Waals surface area contributed by atoms with Gasteiger partial charge in [-0.15, -0.1) is 0 Å². The first-order chi connectivity index (χ1) is 14.5. The lowest BCUT2D eigenvalue weighted by molar-refractivity contribution is 0.104. The highest BCUT2D eigenvalue weighted by molar-refractivity contribution is 6.15. The van der Waals surface area contributed by atoms with E-state index in [2.05, 4.69) is 15.0 Å². The van der Waals surface area contributed by atoms with E-state index in [1.54, 1.807) is 31.3 Å². The SMILES string of the molecule is Cc1cncc(F)c1C=CC(=O)c1c(-c2cccnc2)c2cc(O)ccc2[nH]c1=O. The number of allylic oxidation sites excluding steroid dienone is 1.